The molecule has 0 amide bonds. The van der Waals surface area contributed by atoms with Gasteiger partial charge in [0.1, 0.15) is 5.82 Å². The monoisotopic (exact) mass is 168 g/mol. The molecule has 65 valence electrons. The van der Waals surface area contributed by atoms with Gasteiger partial charge in [0.2, 0.25) is 0 Å². The lowest BCUT2D eigenvalue weighted by Crippen LogP contribution is -2.08. The number of benzene rings is 1. The van der Waals surface area contributed by atoms with Crippen molar-refractivity contribution in [1.82, 2.24) is 5.73 Å². The summed E-state index contributed by atoms with van der Waals surface area (Å²) in [5.41, 5.74) is 7.88. The molecule has 1 aromatic carbocycles. The van der Waals surface area contributed by atoms with Gasteiger partial charge >= 0.3 is 0 Å². The van der Waals surface area contributed by atoms with Gasteiger partial charge in [-0.15, -0.1) is 0 Å². The molecule has 1 radical (unpaired) electrons. The molecular formula is C9H11FNO. The van der Waals surface area contributed by atoms with E-state index >= 15 is 0 Å². The minimum atomic E-state index is -0.629. The predicted octanol–water partition coefficient (Wildman–Crippen LogP) is 1.80. The van der Waals surface area contributed by atoms with E-state index in [2.05, 4.69) is 0 Å². The highest BCUT2D eigenvalue weighted by Crippen LogP contribution is 2.15. The third kappa shape index (κ3) is 2.03. The third-order valence-corrected chi connectivity index (χ3v) is 1.61. The van der Waals surface area contributed by atoms with E-state index in [4.69, 9.17) is 10.5 Å². The van der Waals surface area contributed by atoms with Gasteiger partial charge in [-0.05, 0) is 6.07 Å². The minimum absolute atomic E-state index is 0.223. The first kappa shape index (κ1) is 9.16. The molecule has 0 fully saturated rings. The van der Waals surface area contributed by atoms with E-state index < -0.39 is 6.04 Å². The number of hydrogen-bond acceptors (Lipinski definition) is 1. The van der Waals surface area contributed by atoms with E-state index in [1.807, 2.05) is 0 Å². The zero-order valence-electron chi connectivity index (χ0n) is 6.88. The van der Waals surface area contributed by atoms with Crippen LogP contribution in [0.25, 0.3) is 0 Å². The Hall–Kier alpha value is -0.930. The summed E-state index contributed by atoms with van der Waals surface area (Å²) in [6, 6.07) is 5.66. The maximum atomic E-state index is 13.0. The van der Waals surface area contributed by atoms with Crippen molar-refractivity contribution in [3.05, 3.63) is 35.6 Å². The zero-order chi connectivity index (χ0) is 8.97. The van der Waals surface area contributed by atoms with Crippen molar-refractivity contribution in [3.8, 4) is 0 Å². The largest absolute Gasteiger partial charge is 0.383 e. The maximum absolute atomic E-state index is 13.0. The summed E-state index contributed by atoms with van der Waals surface area (Å²) in [4.78, 5) is 0. The molecule has 12 heavy (non-hydrogen) atoms. The lowest BCUT2D eigenvalue weighted by molar-refractivity contribution is 0.177. The molecule has 0 bridgehead atoms. The van der Waals surface area contributed by atoms with Crippen molar-refractivity contribution in [3.63, 3.8) is 0 Å². The molecule has 0 saturated heterocycles. The number of hydrogen-bond donors (Lipinski definition) is 0. The van der Waals surface area contributed by atoms with Crippen molar-refractivity contribution in [2.75, 3.05) is 13.7 Å². The molecule has 2 nitrogen and oxygen atoms in total. The highest BCUT2D eigenvalue weighted by atomic mass is 19.1. The van der Waals surface area contributed by atoms with Crippen LogP contribution < -0.4 is 5.73 Å². The third-order valence-electron chi connectivity index (χ3n) is 1.61. The van der Waals surface area contributed by atoms with E-state index in [1.54, 1.807) is 18.2 Å². The SMILES string of the molecule is COCC([NH])c1ccccc1F. The number of rotatable bonds is 3. The van der Waals surface area contributed by atoms with Gasteiger partial charge in [-0.1, -0.05) is 18.2 Å². The fourth-order valence-electron chi connectivity index (χ4n) is 1.01. The van der Waals surface area contributed by atoms with Crippen LogP contribution in [0.3, 0.4) is 0 Å². The van der Waals surface area contributed by atoms with Crippen LogP contribution >= 0.6 is 0 Å². The molecule has 0 spiro atoms. The van der Waals surface area contributed by atoms with E-state index in [0.29, 0.717) is 5.56 Å². The lowest BCUT2D eigenvalue weighted by atomic mass is 10.1. The van der Waals surface area contributed by atoms with Crippen LogP contribution in [0.4, 0.5) is 4.39 Å². The Balaban J connectivity index is 2.79. The van der Waals surface area contributed by atoms with Crippen molar-refractivity contribution < 1.29 is 9.13 Å². The molecule has 0 aliphatic rings. The van der Waals surface area contributed by atoms with Crippen LogP contribution in [-0.2, 0) is 4.74 Å². The molecule has 1 N–H and O–H groups in total. The topological polar surface area (TPSA) is 33.0 Å². The van der Waals surface area contributed by atoms with Crippen molar-refractivity contribution in [2.45, 2.75) is 6.04 Å². The van der Waals surface area contributed by atoms with Gasteiger partial charge < -0.3 is 4.74 Å². The average Bonchev–Trinajstić information content (AvgIpc) is 2.05. The van der Waals surface area contributed by atoms with E-state index in [9.17, 15) is 4.39 Å². The average molecular weight is 168 g/mol. The van der Waals surface area contributed by atoms with Gasteiger partial charge in [0, 0.05) is 12.7 Å². The van der Waals surface area contributed by atoms with Gasteiger partial charge in [-0.3, -0.25) is 0 Å². The second-order valence-corrected chi connectivity index (χ2v) is 2.53. The molecule has 0 aromatic heterocycles. The Morgan fingerprint density at radius 3 is 2.75 bits per heavy atom. The number of ether oxygens (including phenoxy) is 1. The quantitative estimate of drug-likeness (QED) is 0.677. The van der Waals surface area contributed by atoms with Crippen LogP contribution in [0.5, 0.6) is 0 Å². The van der Waals surface area contributed by atoms with E-state index in [0.717, 1.165) is 0 Å². The Morgan fingerprint density at radius 2 is 2.17 bits per heavy atom. The first-order valence-electron chi connectivity index (χ1n) is 3.70. The summed E-state index contributed by atoms with van der Waals surface area (Å²) in [6.45, 7) is 0.223. The molecule has 3 heteroatoms. The molecule has 1 aromatic rings. The van der Waals surface area contributed by atoms with Crippen LogP contribution in [0, 0.1) is 5.82 Å². The molecule has 1 unspecified atom stereocenters. The first-order valence-corrected chi connectivity index (χ1v) is 3.70. The minimum Gasteiger partial charge on any atom is -0.383 e. The number of nitrogens with one attached hydrogen (secondary N) is 1. The highest BCUT2D eigenvalue weighted by Gasteiger charge is 2.09. The smallest absolute Gasteiger partial charge is 0.128 e. The van der Waals surface area contributed by atoms with E-state index in [-0.39, 0.29) is 12.4 Å². The van der Waals surface area contributed by atoms with Crippen LogP contribution in [0.1, 0.15) is 11.6 Å². The van der Waals surface area contributed by atoms with Gasteiger partial charge in [-0.25, -0.2) is 10.1 Å². The fraction of sp³-hybridized carbons (Fsp3) is 0.333. The highest BCUT2D eigenvalue weighted by molar-refractivity contribution is 5.20. The Morgan fingerprint density at radius 1 is 1.50 bits per heavy atom. The molecular weight excluding hydrogens is 157 g/mol. The first-order chi connectivity index (χ1) is 5.75. The number of halogens is 1. The van der Waals surface area contributed by atoms with Gasteiger partial charge in [0.05, 0.1) is 12.6 Å². The van der Waals surface area contributed by atoms with Crippen molar-refractivity contribution >= 4 is 0 Å². The van der Waals surface area contributed by atoms with Crippen molar-refractivity contribution in [1.29, 1.82) is 0 Å². The summed E-state index contributed by atoms with van der Waals surface area (Å²) in [7, 11) is 1.50. The molecule has 0 aliphatic carbocycles. The van der Waals surface area contributed by atoms with Crippen LogP contribution in [-0.4, -0.2) is 13.7 Å². The van der Waals surface area contributed by atoms with E-state index in [1.165, 1.54) is 13.2 Å². The summed E-state index contributed by atoms with van der Waals surface area (Å²) in [5, 5.41) is 0. The normalized spacial score (nSPS) is 12.9. The van der Waals surface area contributed by atoms with Crippen molar-refractivity contribution in [2.24, 2.45) is 0 Å². The Kier molecular flexibility index (Phi) is 3.19. The van der Waals surface area contributed by atoms with Gasteiger partial charge in [0.25, 0.3) is 0 Å². The standard InChI is InChI=1S/C9H11FNO/c1-12-6-9(11)7-4-2-3-5-8(7)10/h2-5,9,11H,6H2,1H3. The lowest BCUT2D eigenvalue weighted by Gasteiger charge is -2.09. The molecule has 0 aliphatic heterocycles. The Labute approximate surface area is 71.1 Å². The molecule has 0 heterocycles. The van der Waals surface area contributed by atoms with Gasteiger partial charge in [0.15, 0.2) is 0 Å². The molecule has 0 saturated carbocycles. The molecule has 1 atom stereocenters. The Bertz CT molecular complexity index is 252. The zero-order valence-corrected chi connectivity index (χ0v) is 6.88. The fourth-order valence-corrected chi connectivity index (χ4v) is 1.01. The summed E-state index contributed by atoms with van der Waals surface area (Å²) in [6.07, 6.45) is 0. The van der Waals surface area contributed by atoms with Crippen LogP contribution in [0.15, 0.2) is 24.3 Å². The summed E-state index contributed by atoms with van der Waals surface area (Å²) >= 11 is 0. The van der Waals surface area contributed by atoms with Crippen LogP contribution in [0.2, 0.25) is 0 Å². The van der Waals surface area contributed by atoms with Gasteiger partial charge in [-0.2, -0.15) is 0 Å². The maximum Gasteiger partial charge on any atom is 0.128 e. The second kappa shape index (κ2) is 4.18. The summed E-state index contributed by atoms with van der Waals surface area (Å²) < 4.78 is 17.7. The molecule has 1 rings (SSSR count). The second-order valence-electron chi connectivity index (χ2n) is 2.53. The summed E-state index contributed by atoms with van der Waals surface area (Å²) in [5.74, 6) is -0.338. The predicted molar refractivity (Wildman–Crippen MR) is 44.1 cm³/mol. The number of methoxy groups -OCH3 is 1.